The summed E-state index contributed by atoms with van der Waals surface area (Å²) in [6.45, 7) is 1.35. The fraction of sp³-hybridized carbons (Fsp3) is 0.233. The first-order valence-electron chi connectivity index (χ1n) is 12.5. The van der Waals surface area contributed by atoms with Crippen molar-refractivity contribution in [3.05, 3.63) is 141 Å². The summed E-state index contributed by atoms with van der Waals surface area (Å²) in [6.07, 6.45) is 1.82. The molecule has 3 aromatic carbocycles. The van der Waals surface area contributed by atoms with Crippen molar-refractivity contribution in [2.45, 2.75) is 36.4 Å². The van der Waals surface area contributed by atoms with Crippen LogP contribution < -0.4 is 11.2 Å². The van der Waals surface area contributed by atoms with E-state index in [0.717, 1.165) is 11.1 Å². The van der Waals surface area contributed by atoms with Crippen LogP contribution in [0.3, 0.4) is 0 Å². The van der Waals surface area contributed by atoms with Crippen LogP contribution in [0.4, 0.5) is 0 Å². The van der Waals surface area contributed by atoms with E-state index in [0.29, 0.717) is 30.8 Å². The molecule has 1 aliphatic rings. The summed E-state index contributed by atoms with van der Waals surface area (Å²) in [5.74, 6) is -0.641. The molecule has 5 rings (SSSR count). The largest absolute Gasteiger partial charge is 0.376 e. The van der Waals surface area contributed by atoms with E-state index in [4.69, 9.17) is 9.47 Å². The summed E-state index contributed by atoms with van der Waals surface area (Å²) in [4.78, 5) is 39.0. The molecule has 0 amide bonds. The van der Waals surface area contributed by atoms with Crippen molar-refractivity contribution >= 4 is 17.7 Å². The summed E-state index contributed by atoms with van der Waals surface area (Å²) in [6, 6.07) is 29.5. The maximum absolute atomic E-state index is 13.4. The van der Waals surface area contributed by atoms with E-state index in [-0.39, 0.29) is 22.3 Å². The topological polar surface area (TPSA) is 79.5 Å². The minimum Gasteiger partial charge on any atom is -0.376 e. The van der Waals surface area contributed by atoms with Gasteiger partial charge in [-0.1, -0.05) is 78.9 Å². The van der Waals surface area contributed by atoms with Crippen molar-refractivity contribution in [2.75, 3.05) is 6.61 Å². The number of aromatic nitrogens is 2. The molecule has 1 saturated heterocycles. The Bertz CT molecular complexity index is 1470. The van der Waals surface area contributed by atoms with Crippen molar-refractivity contribution in [3.8, 4) is 0 Å². The molecule has 0 aliphatic carbocycles. The van der Waals surface area contributed by atoms with Crippen molar-refractivity contribution in [1.29, 1.82) is 0 Å². The average Bonchev–Trinajstić information content (AvgIpc) is 3.36. The van der Waals surface area contributed by atoms with Gasteiger partial charge in [-0.15, -0.1) is 11.8 Å². The van der Waals surface area contributed by atoms with Gasteiger partial charge in [0.25, 0.3) is 11.5 Å². The highest BCUT2D eigenvalue weighted by atomic mass is 32.2. The first-order valence-corrected chi connectivity index (χ1v) is 13.4. The molecule has 7 nitrogen and oxygen atoms in total. The minimum atomic E-state index is -0.656. The van der Waals surface area contributed by atoms with E-state index in [9.17, 15) is 14.4 Å². The highest BCUT2D eigenvalue weighted by Gasteiger charge is 2.38. The lowest BCUT2D eigenvalue weighted by Gasteiger charge is -2.19. The van der Waals surface area contributed by atoms with Gasteiger partial charge < -0.3 is 9.47 Å². The van der Waals surface area contributed by atoms with E-state index < -0.39 is 17.2 Å². The SMILES string of the molecule is O=C(c1ccccc1)n1c(=O)ccn([C@H]2C[C@H](OCc3ccccc3)[C@@H](COCc3ccccc3)S2)c1=O. The minimum absolute atomic E-state index is 0.0375. The molecule has 1 aliphatic heterocycles. The summed E-state index contributed by atoms with van der Waals surface area (Å²) in [5.41, 5.74) is 1.11. The molecule has 3 atom stereocenters. The number of hydrogen-bond acceptors (Lipinski definition) is 6. The maximum atomic E-state index is 13.4. The van der Waals surface area contributed by atoms with E-state index in [1.165, 1.54) is 16.8 Å². The molecule has 0 bridgehead atoms. The molecule has 0 saturated carbocycles. The number of rotatable bonds is 9. The van der Waals surface area contributed by atoms with Crippen molar-refractivity contribution in [1.82, 2.24) is 9.13 Å². The summed E-state index contributed by atoms with van der Waals surface area (Å²) >= 11 is 1.56. The fourth-order valence-electron chi connectivity index (χ4n) is 4.45. The van der Waals surface area contributed by atoms with Crippen LogP contribution in [-0.4, -0.2) is 33.0 Å². The lowest BCUT2D eigenvalue weighted by atomic mass is 10.1. The van der Waals surface area contributed by atoms with Gasteiger partial charge in [0.15, 0.2) is 0 Å². The molecule has 38 heavy (non-hydrogen) atoms. The van der Waals surface area contributed by atoms with Crippen molar-refractivity contribution in [2.24, 2.45) is 0 Å². The normalized spacial score (nSPS) is 18.9. The molecule has 1 aromatic heterocycles. The molecule has 0 spiro atoms. The molecule has 0 N–H and O–H groups in total. The van der Waals surface area contributed by atoms with Gasteiger partial charge in [-0.2, -0.15) is 4.57 Å². The molecule has 8 heteroatoms. The van der Waals surface area contributed by atoms with E-state index in [1.807, 2.05) is 60.7 Å². The highest BCUT2D eigenvalue weighted by molar-refractivity contribution is 8.00. The summed E-state index contributed by atoms with van der Waals surface area (Å²) in [5, 5.41) is -0.353. The molecule has 194 valence electrons. The van der Waals surface area contributed by atoms with Crippen LogP contribution in [0.25, 0.3) is 0 Å². The van der Waals surface area contributed by atoms with Gasteiger partial charge in [-0.25, -0.2) is 4.79 Å². The Labute approximate surface area is 224 Å². The number of carbonyl (C=O) groups is 1. The summed E-state index contributed by atoms with van der Waals surface area (Å²) < 4.78 is 14.5. The van der Waals surface area contributed by atoms with Crippen LogP contribution in [0, 0.1) is 0 Å². The Kier molecular flexibility index (Phi) is 8.33. The van der Waals surface area contributed by atoms with Crippen LogP contribution in [0.15, 0.2) is 113 Å². The smallest absolute Gasteiger partial charge is 0.339 e. The van der Waals surface area contributed by atoms with Crippen LogP contribution in [0.1, 0.15) is 33.3 Å². The fourth-order valence-corrected chi connectivity index (χ4v) is 5.98. The highest BCUT2D eigenvalue weighted by Crippen LogP contribution is 2.42. The molecular weight excluding hydrogens is 500 g/mol. The zero-order valence-electron chi connectivity index (χ0n) is 20.7. The number of carbonyl (C=O) groups excluding carboxylic acids is 1. The predicted octanol–water partition coefficient (Wildman–Crippen LogP) is 4.50. The van der Waals surface area contributed by atoms with Gasteiger partial charge in [0, 0.05) is 24.2 Å². The Balaban J connectivity index is 1.36. The predicted molar refractivity (Wildman–Crippen MR) is 147 cm³/mol. The van der Waals surface area contributed by atoms with Gasteiger partial charge in [-0.3, -0.25) is 14.2 Å². The molecule has 0 radical (unpaired) electrons. The first-order chi connectivity index (χ1) is 18.6. The lowest BCUT2D eigenvalue weighted by Crippen LogP contribution is -2.43. The molecule has 1 fully saturated rings. The maximum Gasteiger partial charge on any atom is 0.339 e. The van der Waals surface area contributed by atoms with E-state index >= 15 is 0 Å². The van der Waals surface area contributed by atoms with Crippen LogP contribution in [-0.2, 0) is 22.7 Å². The van der Waals surface area contributed by atoms with Crippen LogP contribution in [0.5, 0.6) is 0 Å². The Hall–Kier alpha value is -3.72. The zero-order chi connectivity index (χ0) is 26.3. The first kappa shape index (κ1) is 25.9. The Morgan fingerprint density at radius 1 is 0.816 bits per heavy atom. The van der Waals surface area contributed by atoms with E-state index in [1.54, 1.807) is 42.1 Å². The summed E-state index contributed by atoms with van der Waals surface area (Å²) in [7, 11) is 0. The van der Waals surface area contributed by atoms with Crippen molar-refractivity contribution in [3.63, 3.8) is 0 Å². The molecule has 4 aromatic rings. The molecule has 2 heterocycles. The second-order valence-corrected chi connectivity index (χ2v) is 10.5. The molecule has 0 unspecified atom stereocenters. The van der Waals surface area contributed by atoms with Gasteiger partial charge in [0.1, 0.15) is 0 Å². The quantitative estimate of drug-likeness (QED) is 0.318. The zero-order valence-corrected chi connectivity index (χ0v) is 21.5. The standard InChI is InChI=1S/C30H28N2O5S/c33-27-16-17-31(30(35)32(27)29(34)24-14-8-3-9-15-24)28-18-25(37-20-23-12-6-2-7-13-23)26(38-28)21-36-19-22-10-4-1-5-11-22/h1-17,25-26,28H,18-21H2/t25-,26+,28+/m0/s1. The second-order valence-electron chi connectivity index (χ2n) is 9.05. The van der Waals surface area contributed by atoms with E-state index in [2.05, 4.69) is 0 Å². The number of hydrogen-bond donors (Lipinski definition) is 0. The third kappa shape index (κ3) is 6.05. The van der Waals surface area contributed by atoms with Gasteiger partial charge in [0.2, 0.25) is 0 Å². The van der Waals surface area contributed by atoms with Gasteiger partial charge >= 0.3 is 5.69 Å². The molecular formula is C30H28N2O5S. The Morgan fingerprint density at radius 3 is 2.08 bits per heavy atom. The van der Waals surface area contributed by atoms with Gasteiger partial charge in [-0.05, 0) is 23.3 Å². The van der Waals surface area contributed by atoms with Gasteiger partial charge in [0.05, 0.1) is 36.5 Å². The third-order valence-corrected chi connectivity index (χ3v) is 7.95. The third-order valence-electron chi connectivity index (χ3n) is 6.43. The van der Waals surface area contributed by atoms with Crippen LogP contribution in [0.2, 0.25) is 0 Å². The number of ether oxygens (including phenoxy) is 2. The van der Waals surface area contributed by atoms with Crippen LogP contribution >= 0.6 is 11.8 Å². The number of nitrogens with zero attached hydrogens (tertiary/aromatic N) is 2. The monoisotopic (exact) mass is 528 g/mol. The second kappa shape index (κ2) is 12.2. The Morgan fingerprint density at radius 2 is 1.42 bits per heavy atom. The van der Waals surface area contributed by atoms with Crippen molar-refractivity contribution < 1.29 is 14.3 Å². The number of thioether (sulfide) groups is 1. The lowest BCUT2D eigenvalue weighted by molar-refractivity contribution is 0.0134. The average molecular weight is 529 g/mol. The number of benzene rings is 3.